The number of fused-ring (bicyclic) bond motifs is 1. The molecule has 4 rings (SSSR count). The van der Waals surface area contributed by atoms with Gasteiger partial charge in [0.15, 0.2) is 11.5 Å². The fourth-order valence-corrected chi connectivity index (χ4v) is 2.98. The van der Waals surface area contributed by atoms with E-state index in [-0.39, 0.29) is 6.79 Å². The molecule has 1 aliphatic heterocycles. The predicted molar refractivity (Wildman–Crippen MR) is 106 cm³/mol. The fourth-order valence-electron chi connectivity index (χ4n) is 2.81. The minimum Gasteiger partial charge on any atom is -0.454 e. The van der Waals surface area contributed by atoms with Gasteiger partial charge in [0, 0.05) is 29.0 Å². The number of ether oxygens (including phenoxy) is 2. The van der Waals surface area contributed by atoms with E-state index < -0.39 is 0 Å². The van der Waals surface area contributed by atoms with Crippen LogP contribution in [0, 0.1) is 13.8 Å². The molecule has 1 aliphatic rings. The van der Waals surface area contributed by atoms with E-state index in [9.17, 15) is 0 Å². The molecule has 0 fully saturated rings. The average molecular weight is 383 g/mol. The van der Waals surface area contributed by atoms with Gasteiger partial charge in [0.05, 0.1) is 0 Å². The van der Waals surface area contributed by atoms with Crippen LogP contribution in [0.4, 0.5) is 17.5 Å². The molecule has 6 nitrogen and oxygen atoms in total. The smallest absolute Gasteiger partial charge is 0.231 e. The van der Waals surface area contributed by atoms with Crippen molar-refractivity contribution in [2.24, 2.45) is 0 Å². The maximum Gasteiger partial charge on any atom is 0.231 e. The standard InChI is InChI=1S/C20H19ClN4O2/c1-12-3-5-15(21)9-16(12)24-19-7-13(2)23-20(25-19)22-10-14-4-6-17-18(8-14)27-11-26-17/h3-9H,10-11H2,1-2H3,(H2,22,23,24,25). The quantitative estimate of drug-likeness (QED) is 0.658. The molecule has 3 aromatic rings. The van der Waals surface area contributed by atoms with Crippen LogP contribution >= 0.6 is 11.6 Å². The summed E-state index contributed by atoms with van der Waals surface area (Å²) in [5.74, 6) is 2.79. The maximum absolute atomic E-state index is 6.10. The first-order valence-corrected chi connectivity index (χ1v) is 8.96. The monoisotopic (exact) mass is 382 g/mol. The summed E-state index contributed by atoms with van der Waals surface area (Å²) in [7, 11) is 0. The Morgan fingerprint density at radius 3 is 2.74 bits per heavy atom. The molecule has 0 saturated carbocycles. The summed E-state index contributed by atoms with van der Waals surface area (Å²) in [4.78, 5) is 9.01. The van der Waals surface area contributed by atoms with E-state index in [2.05, 4.69) is 20.6 Å². The number of nitrogens with zero attached hydrogens (tertiary/aromatic N) is 2. The van der Waals surface area contributed by atoms with Crippen molar-refractivity contribution in [1.29, 1.82) is 0 Å². The number of halogens is 1. The van der Waals surface area contributed by atoms with Crippen molar-refractivity contribution in [2.75, 3.05) is 17.4 Å². The second-order valence-corrected chi connectivity index (χ2v) is 6.78. The van der Waals surface area contributed by atoms with Crippen molar-refractivity contribution < 1.29 is 9.47 Å². The highest BCUT2D eigenvalue weighted by Gasteiger charge is 2.13. The number of benzene rings is 2. The van der Waals surface area contributed by atoms with Gasteiger partial charge in [-0.25, -0.2) is 4.98 Å². The van der Waals surface area contributed by atoms with E-state index in [1.807, 2.05) is 56.3 Å². The highest BCUT2D eigenvalue weighted by atomic mass is 35.5. The molecule has 0 bridgehead atoms. The molecule has 0 aliphatic carbocycles. The van der Waals surface area contributed by atoms with Crippen molar-refractivity contribution in [3.63, 3.8) is 0 Å². The Bertz CT molecular complexity index is 994. The summed E-state index contributed by atoms with van der Waals surface area (Å²) < 4.78 is 10.8. The van der Waals surface area contributed by atoms with Crippen molar-refractivity contribution >= 4 is 29.1 Å². The lowest BCUT2D eigenvalue weighted by Crippen LogP contribution is -2.06. The largest absolute Gasteiger partial charge is 0.454 e. The molecule has 0 amide bonds. The van der Waals surface area contributed by atoms with E-state index in [1.165, 1.54) is 0 Å². The van der Waals surface area contributed by atoms with Gasteiger partial charge in [-0.15, -0.1) is 0 Å². The lowest BCUT2D eigenvalue weighted by molar-refractivity contribution is 0.174. The molecule has 2 heterocycles. The number of nitrogens with one attached hydrogen (secondary N) is 2. The van der Waals surface area contributed by atoms with Gasteiger partial charge < -0.3 is 20.1 Å². The van der Waals surface area contributed by atoms with Crippen molar-refractivity contribution in [1.82, 2.24) is 9.97 Å². The Morgan fingerprint density at radius 1 is 1.00 bits per heavy atom. The van der Waals surface area contributed by atoms with Crippen LogP contribution in [0.2, 0.25) is 5.02 Å². The molecule has 0 unspecified atom stereocenters. The van der Waals surface area contributed by atoms with Crippen LogP contribution in [0.1, 0.15) is 16.8 Å². The Balaban J connectivity index is 1.49. The Labute approximate surface area is 162 Å². The van der Waals surface area contributed by atoms with Gasteiger partial charge in [-0.2, -0.15) is 4.98 Å². The van der Waals surface area contributed by atoms with Crippen LogP contribution in [0.15, 0.2) is 42.5 Å². The second-order valence-electron chi connectivity index (χ2n) is 6.34. The molecular weight excluding hydrogens is 364 g/mol. The van der Waals surface area contributed by atoms with Crippen molar-refractivity contribution in [2.45, 2.75) is 20.4 Å². The number of aryl methyl sites for hydroxylation is 2. The van der Waals surface area contributed by atoms with Gasteiger partial charge in [0.1, 0.15) is 5.82 Å². The van der Waals surface area contributed by atoms with Gasteiger partial charge in [0.25, 0.3) is 0 Å². The molecule has 0 spiro atoms. The summed E-state index contributed by atoms with van der Waals surface area (Å²) in [6, 6.07) is 13.5. The summed E-state index contributed by atoms with van der Waals surface area (Å²) >= 11 is 6.10. The third-order valence-electron chi connectivity index (χ3n) is 4.20. The molecule has 0 atom stereocenters. The molecule has 7 heteroatoms. The first-order valence-electron chi connectivity index (χ1n) is 8.58. The van der Waals surface area contributed by atoms with Crippen molar-refractivity contribution in [3.05, 3.63) is 64.3 Å². The van der Waals surface area contributed by atoms with Gasteiger partial charge in [-0.3, -0.25) is 0 Å². The zero-order valence-corrected chi connectivity index (χ0v) is 15.8. The van der Waals surface area contributed by atoms with E-state index in [4.69, 9.17) is 21.1 Å². The van der Waals surface area contributed by atoms with Gasteiger partial charge in [-0.05, 0) is 49.2 Å². The summed E-state index contributed by atoms with van der Waals surface area (Å²) in [6.07, 6.45) is 0. The SMILES string of the molecule is Cc1cc(Nc2cc(Cl)ccc2C)nc(NCc2ccc3c(c2)OCO3)n1. The van der Waals surface area contributed by atoms with E-state index in [1.54, 1.807) is 0 Å². The van der Waals surface area contributed by atoms with Crippen LogP contribution in [0.5, 0.6) is 11.5 Å². The summed E-state index contributed by atoms with van der Waals surface area (Å²) in [5, 5.41) is 7.25. The molecule has 138 valence electrons. The van der Waals surface area contributed by atoms with Gasteiger partial charge in [0.2, 0.25) is 12.7 Å². The number of hydrogen-bond donors (Lipinski definition) is 2. The molecule has 27 heavy (non-hydrogen) atoms. The zero-order chi connectivity index (χ0) is 18.8. The van der Waals surface area contributed by atoms with Crippen LogP contribution in [0.25, 0.3) is 0 Å². The Kier molecular flexibility index (Phi) is 4.73. The Hall–Kier alpha value is -2.99. The third-order valence-corrected chi connectivity index (χ3v) is 4.44. The predicted octanol–water partition coefficient (Wildman–Crippen LogP) is 4.83. The Morgan fingerprint density at radius 2 is 1.85 bits per heavy atom. The molecular formula is C20H19ClN4O2. The lowest BCUT2D eigenvalue weighted by atomic mass is 10.2. The second kappa shape index (κ2) is 7.32. The maximum atomic E-state index is 6.10. The number of rotatable bonds is 5. The van der Waals surface area contributed by atoms with Gasteiger partial charge in [-0.1, -0.05) is 23.7 Å². The number of anilines is 3. The summed E-state index contributed by atoms with van der Waals surface area (Å²) in [5.41, 5.74) is 3.93. The molecule has 1 aromatic heterocycles. The highest BCUT2D eigenvalue weighted by molar-refractivity contribution is 6.30. The fraction of sp³-hybridized carbons (Fsp3) is 0.200. The summed E-state index contributed by atoms with van der Waals surface area (Å²) in [6.45, 7) is 4.80. The molecule has 0 radical (unpaired) electrons. The molecule has 2 N–H and O–H groups in total. The number of aromatic nitrogens is 2. The van der Waals surface area contributed by atoms with Crippen LogP contribution in [-0.4, -0.2) is 16.8 Å². The van der Waals surface area contributed by atoms with Crippen LogP contribution in [-0.2, 0) is 6.54 Å². The first-order chi connectivity index (χ1) is 13.1. The molecule has 0 saturated heterocycles. The normalized spacial score (nSPS) is 12.1. The molecule has 2 aromatic carbocycles. The lowest BCUT2D eigenvalue weighted by Gasteiger charge is -2.12. The highest BCUT2D eigenvalue weighted by Crippen LogP contribution is 2.32. The first kappa shape index (κ1) is 17.4. The average Bonchev–Trinajstić information content (AvgIpc) is 3.10. The van der Waals surface area contributed by atoms with E-state index in [0.717, 1.165) is 34.0 Å². The number of hydrogen-bond acceptors (Lipinski definition) is 6. The topological polar surface area (TPSA) is 68.3 Å². The van der Waals surface area contributed by atoms with Crippen molar-refractivity contribution in [3.8, 4) is 11.5 Å². The van der Waals surface area contributed by atoms with Crippen LogP contribution in [0.3, 0.4) is 0 Å². The minimum absolute atomic E-state index is 0.269. The van der Waals surface area contributed by atoms with E-state index >= 15 is 0 Å². The third kappa shape index (κ3) is 4.06. The zero-order valence-electron chi connectivity index (χ0n) is 15.0. The minimum atomic E-state index is 0.269. The van der Waals surface area contributed by atoms with E-state index in [0.29, 0.717) is 23.3 Å². The van der Waals surface area contributed by atoms with Crippen LogP contribution < -0.4 is 20.1 Å². The van der Waals surface area contributed by atoms with Gasteiger partial charge >= 0.3 is 0 Å².